The van der Waals surface area contributed by atoms with E-state index >= 15 is 0 Å². The van der Waals surface area contributed by atoms with Crippen LogP contribution in [0.2, 0.25) is 0 Å². The summed E-state index contributed by atoms with van der Waals surface area (Å²) in [7, 11) is 0. The molecule has 0 saturated carbocycles. The van der Waals surface area contributed by atoms with E-state index in [2.05, 4.69) is 15.5 Å². The largest absolute Gasteiger partial charge is 0.459 e. The maximum Gasteiger partial charge on any atom is 0.320 e. The molecule has 128 valence electrons. The fourth-order valence-electron chi connectivity index (χ4n) is 2.21. The van der Waals surface area contributed by atoms with Gasteiger partial charge >= 0.3 is 5.97 Å². The average Bonchev–Trinajstić information content (AvgIpc) is 2.39. The van der Waals surface area contributed by atoms with E-state index in [4.69, 9.17) is 4.74 Å². The van der Waals surface area contributed by atoms with E-state index in [1.54, 1.807) is 4.90 Å². The third-order valence-electron chi connectivity index (χ3n) is 3.28. The zero-order valence-corrected chi connectivity index (χ0v) is 14.1. The molecule has 1 saturated heterocycles. The third-order valence-corrected chi connectivity index (χ3v) is 3.28. The number of carbonyl (C=O) groups excluding carboxylic acids is 2. The summed E-state index contributed by atoms with van der Waals surface area (Å²) in [5.41, 5.74) is -0.446. The van der Waals surface area contributed by atoms with Gasteiger partial charge in [0, 0.05) is 52.4 Å². The number of nitrogens with zero attached hydrogens (tertiary/aromatic N) is 2. The summed E-state index contributed by atoms with van der Waals surface area (Å²) in [5.74, 6) is -0.188. The van der Waals surface area contributed by atoms with Crippen LogP contribution in [0.4, 0.5) is 0 Å². The summed E-state index contributed by atoms with van der Waals surface area (Å²) in [4.78, 5) is 26.7. The molecular weight excluding hydrogens is 284 g/mol. The highest BCUT2D eigenvalue weighted by Crippen LogP contribution is 2.07. The van der Waals surface area contributed by atoms with Gasteiger partial charge in [-0.05, 0) is 20.8 Å². The number of amides is 1. The maximum absolute atomic E-state index is 11.9. The Hall–Kier alpha value is -1.18. The Labute approximate surface area is 133 Å². The third kappa shape index (κ3) is 8.96. The molecule has 0 aromatic carbocycles. The number of hydrogen-bond acceptors (Lipinski definition) is 6. The van der Waals surface area contributed by atoms with Gasteiger partial charge in [-0.15, -0.1) is 0 Å². The lowest BCUT2D eigenvalue weighted by molar-refractivity contribution is -0.156. The van der Waals surface area contributed by atoms with Crippen LogP contribution in [-0.4, -0.2) is 86.7 Å². The van der Waals surface area contributed by atoms with Crippen LogP contribution in [0.5, 0.6) is 0 Å². The predicted octanol–water partition coefficient (Wildman–Crippen LogP) is -0.719. The first-order valence-electron chi connectivity index (χ1n) is 7.96. The fraction of sp³-hybridized carbons (Fsp3) is 0.867. The lowest BCUT2D eigenvalue weighted by Crippen LogP contribution is -2.45. The molecule has 7 nitrogen and oxygen atoms in total. The van der Waals surface area contributed by atoms with Crippen molar-refractivity contribution in [2.75, 3.05) is 58.9 Å². The Morgan fingerprint density at radius 3 is 2.00 bits per heavy atom. The van der Waals surface area contributed by atoms with Crippen molar-refractivity contribution in [2.45, 2.75) is 26.4 Å². The Morgan fingerprint density at radius 1 is 1.05 bits per heavy atom. The number of nitrogens with one attached hydrogen (secondary N) is 2. The van der Waals surface area contributed by atoms with Crippen LogP contribution < -0.4 is 10.6 Å². The predicted molar refractivity (Wildman–Crippen MR) is 85.7 cm³/mol. The average molecular weight is 314 g/mol. The van der Waals surface area contributed by atoms with Gasteiger partial charge in [-0.3, -0.25) is 14.5 Å². The molecule has 2 N–H and O–H groups in total. The molecule has 1 heterocycles. The normalized spacial score (nSPS) is 19.9. The zero-order chi connectivity index (χ0) is 16.4. The Bertz CT molecular complexity index is 330. The van der Waals surface area contributed by atoms with Gasteiger partial charge < -0.3 is 20.3 Å². The van der Waals surface area contributed by atoms with Gasteiger partial charge in [-0.25, -0.2) is 0 Å². The highest BCUT2D eigenvalue weighted by atomic mass is 16.6. The monoisotopic (exact) mass is 314 g/mol. The van der Waals surface area contributed by atoms with Crippen molar-refractivity contribution < 1.29 is 14.3 Å². The standard InChI is InChI=1S/C15H30N4O3/c1-15(2,3)22-14(21)12-18-8-4-16-6-10-19(13-20)11-7-17-5-9-18/h13,16-17H,4-12H2,1-3H3. The van der Waals surface area contributed by atoms with E-state index in [0.29, 0.717) is 19.6 Å². The van der Waals surface area contributed by atoms with Gasteiger partial charge in [0.05, 0.1) is 6.54 Å². The molecule has 0 unspecified atom stereocenters. The Balaban J connectivity index is 2.41. The van der Waals surface area contributed by atoms with Gasteiger partial charge in [-0.2, -0.15) is 0 Å². The zero-order valence-electron chi connectivity index (χ0n) is 14.1. The van der Waals surface area contributed by atoms with Crippen molar-refractivity contribution in [3.63, 3.8) is 0 Å². The number of carbonyl (C=O) groups is 2. The maximum atomic E-state index is 11.9. The number of ether oxygens (including phenoxy) is 1. The van der Waals surface area contributed by atoms with Crippen LogP contribution in [0.15, 0.2) is 0 Å². The highest BCUT2D eigenvalue weighted by Gasteiger charge is 2.18. The minimum Gasteiger partial charge on any atom is -0.459 e. The summed E-state index contributed by atoms with van der Waals surface area (Å²) < 4.78 is 5.37. The van der Waals surface area contributed by atoms with Gasteiger partial charge in [0.15, 0.2) is 0 Å². The van der Waals surface area contributed by atoms with Crippen molar-refractivity contribution in [1.29, 1.82) is 0 Å². The molecule has 1 aliphatic rings. The summed E-state index contributed by atoms with van der Waals surface area (Å²) in [6, 6.07) is 0. The fourth-order valence-corrected chi connectivity index (χ4v) is 2.21. The first-order valence-corrected chi connectivity index (χ1v) is 7.96. The molecule has 0 aromatic rings. The van der Waals surface area contributed by atoms with Crippen LogP contribution in [0.3, 0.4) is 0 Å². The summed E-state index contributed by atoms with van der Waals surface area (Å²) >= 11 is 0. The minimum absolute atomic E-state index is 0.188. The van der Waals surface area contributed by atoms with Gasteiger partial charge in [0.2, 0.25) is 6.41 Å². The van der Waals surface area contributed by atoms with E-state index in [1.165, 1.54) is 0 Å². The second kappa shape index (κ2) is 9.76. The van der Waals surface area contributed by atoms with Gasteiger partial charge in [0.1, 0.15) is 5.60 Å². The van der Waals surface area contributed by atoms with Crippen molar-refractivity contribution in [2.24, 2.45) is 0 Å². The van der Waals surface area contributed by atoms with E-state index in [0.717, 1.165) is 45.7 Å². The quantitative estimate of drug-likeness (QED) is 0.529. The van der Waals surface area contributed by atoms with E-state index < -0.39 is 5.60 Å². The first-order chi connectivity index (χ1) is 10.4. The lowest BCUT2D eigenvalue weighted by Gasteiger charge is -2.26. The molecule has 7 heteroatoms. The van der Waals surface area contributed by atoms with Crippen LogP contribution in [0.1, 0.15) is 20.8 Å². The number of rotatable bonds is 3. The van der Waals surface area contributed by atoms with E-state index in [-0.39, 0.29) is 5.97 Å². The van der Waals surface area contributed by atoms with Crippen LogP contribution in [-0.2, 0) is 14.3 Å². The van der Waals surface area contributed by atoms with Crippen molar-refractivity contribution in [1.82, 2.24) is 20.4 Å². The van der Waals surface area contributed by atoms with E-state index in [9.17, 15) is 9.59 Å². The second-order valence-electron chi connectivity index (χ2n) is 6.50. The highest BCUT2D eigenvalue weighted by molar-refractivity contribution is 5.72. The van der Waals surface area contributed by atoms with Gasteiger partial charge in [0.25, 0.3) is 0 Å². The molecule has 0 radical (unpaired) electrons. The molecule has 0 bridgehead atoms. The van der Waals surface area contributed by atoms with Crippen molar-refractivity contribution >= 4 is 12.4 Å². The molecular formula is C15H30N4O3. The topological polar surface area (TPSA) is 73.9 Å². The molecule has 0 aliphatic carbocycles. The molecule has 1 fully saturated rings. The molecule has 1 amide bonds. The summed E-state index contributed by atoms with van der Waals surface area (Å²) in [6.07, 6.45) is 0.893. The molecule has 0 spiro atoms. The second-order valence-corrected chi connectivity index (χ2v) is 6.50. The molecule has 1 rings (SSSR count). The number of hydrogen-bond donors (Lipinski definition) is 2. The Morgan fingerprint density at radius 2 is 1.55 bits per heavy atom. The summed E-state index contributed by atoms with van der Waals surface area (Å²) in [6.45, 7) is 12.0. The van der Waals surface area contributed by atoms with Crippen molar-refractivity contribution in [3.05, 3.63) is 0 Å². The Kier molecular flexibility index (Phi) is 8.37. The summed E-state index contributed by atoms with van der Waals surface area (Å²) in [5, 5.41) is 6.61. The first kappa shape index (κ1) is 18.9. The lowest BCUT2D eigenvalue weighted by atomic mass is 10.2. The van der Waals surface area contributed by atoms with Crippen molar-refractivity contribution in [3.8, 4) is 0 Å². The van der Waals surface area contributed by atoms with Gasteiger partial charge in [-0.1, -0.05) is 0 Å². The number of esters is 1. The molecule has 0 atom stereocenters. The molecule has 22 heavy (non-hydrogen) atoms. The van der Waals surface area contributed by atoms with Crippen LogP contribution in [0.25, 0.3) is 0 Å². The molecule has 1 aliphatic heterocycles. The van der Waals surface area contributed by atoms with Crippen LogP contribution >= 0.6 is 0 Å². The SMILES string of the molecule is CC(C)(C)OC(=O)CN1CCNCCN(C=O)CCNCC1. The molecule has 0 aromatic heterocycles. The minimum atomic E-state index is -0.446. The smallest absolute Gasteiger partial charge is 0.320 e. The van der Waals surface area contributed by atoms with Crippen LogP contribution in [0, 0.1) is 0 Å². The van der Waals surface area contributed by atoms with E-state index in [1.807, 2.05) is 20.8 Å².